The summed E-state index contributed by atoms with van der Waals surface area (Å²) in [5.41, 5.74) is -1.15. The molecule has 0 atom stereocenters. The Bertz CT molecular complexity index is 782. The molecule has 8 nitrogen and oxygen atoms in total. The van der Waals surface area contributed by atoms with E-state index >= 15 is 0 Å². The topological polar surface area (TPSA) is 88.0 Å². The maximum absolute atomic E-state index is 10.9. The number of halogens is 2. The van der Waals surface area contributed by atoms with Gasteiger partial charge in [0.05, 0.1) is 0 Å². The molecule has 0 aliphatic rings. The van der Waals surface area contributed by atoms with Crippen LogP contribution in [0.1, 0.15) is 0 Å². The molecule has 0 fully saturated rings. The summed E-state index contributed by atoms with van der Waals surface area (Å²) < 4.78 is 4.81. The van der Waals surface area contributed by atoms with Gasteiger partial charge >= 0.3 is 28.4 Å². The van der Waals surface area contributed by atoms with E-state index in [9.17, 15) is 19.2 Å². The fraction of sp³-hybridized carbons (Fsp3) is 0.333. The Morgan fingerprint density at radius 1 is 0.652 bits per heavy atom. The van der Waals surface area contributed by atoms with Crippen molar-refractivity contribution in [2.75, 3.05) is 0 Å². The van der Waals surface area contributed by atoms with Gasteiger partial charge in [-0.2, -0.15) is 0 Å². The van der Waals surface area contributed by atoms with Crippen LogP contribution in [0, 0.1) is 0 Å². The van der Waals surface area contributed by atoms with Crippen LogP contribution < -0.4 is 47.3 Å². The second-order valence-corrected chi connectivity index (χ2v) is 4.21. The van der Waals surface area contributed by atoms with E-state index in [1.165, 1.54) is 47.8 Å². The zero-order valence-electron chi connectivity index (χ0n) is 12.8. The molecule has 1 radical (unpaired) electrons. The van der Waals surface area contributed by atoms with Gasteiger partial charge in [-0.3, -0.25) is 18.7 Å². The van der Waals surface area contributed by atoms with E-state index in [1.807, 2.05) is 0 Å². The molecule has 2 aromatic rings. The van der Waals surface area contributed by atoms with Crippen molar-refractivity contribution in [2.24, 2.45) is 28.2 Å². The number of nitrogens with zero attached hydrogens (tertiary/aromatic N) is 4. The molecular formula is C12H16Cl2CuN4O4. The van der Waals surface area contributed by atoms with E-state index in [-0.39, 0.29) is 64.4 Å². The van der Waals surface area contributed by atoms with Gasteiger partial charge in [0.15, 0.2) is 0 Å². The quantitative estimate of drug-likeness (QED) is 0.401. The first kappa shape index (κ1) is 26.4. The zero-order chi connectivity index (χ0) is 15.4. The van der Waals surface area contributed by atoms with Crippen LogP contribution in [0.5, 0.6) is 0 Å². The van der Waals surface area contributed by atoms with E-state index in [0.29, 0.717) is 0 Å². The van der Waals surface area contributed by atoms with Crippen LogP contribution in [0.25, 0.3) is 0 Å². The smallest absolute Gasteiger partial charge is 1.00 e. The SMILES string of the molecule is Cn1ccc(=O)n(C)c1=O.Cn1ccc(=O)n(C)c1=O.[Cl-].[Cl-].[Cu+2]. The second-order valence-electron chi connectivity index (χ2n) is 4.21. The van der Waals surface area contributed by atoms with Crippen LogP contribution >= 0.6 is 0 Å². The number of hydrogen-bond donors (Lipinski definition) is 0. The largest absolute Gasteiger partial charge is 2.00 e. The molecule has 0 aliphatic heterocycles. The average Bonchev–Trinajstić information content (AvgIpc) is 2.43. The molecule has 0 saturated carbocycles. The van der Waals surface area contributed by atoms with Crippen molar-refractivity contribution < 1.29 is 41.9 Å². The molecule has 0 unspecified atom stereocenters. The van der Waals surface area contributed by atoms with Gasteiger partial charge in [-0.25, -0.2) is 9.59 Å². The first-order chi connectivity index (χ1) is 9.25. The molecule has 133 valence electrons. The third kappa shape index (κ3) is 6.62. The van der Waals surface area contributed by atoms with Crippen LogP contribution in [0.3, 0.4) is 0 Å². The Kier molecular flexibility index (Phi) is 12.7. The molecule has 0 N–H and O–H groups in total. The molecule has 0 amide bonds. The number of aryl methyl sites for hydroxylation is 2. The first-order valence-electron chi connectivity index (χ1n) is 5.71. The van der Waals surface area contributed by atoms with Crippen LogP contribution in [0.4, 0.5) is 0 Å². The monoisotopic (exact) mass is 413 g/mol. The summed E-state index contributed by atoms with van der Waals surface area (Å²) in [5.74, 6) is 0. The van der Waals surface area contributed by atoms with E-state index in [0.717, 1.165) is 9.13 Å². The fourth-order valence-corrected chi connectivity index (χ4v) is 1.36. The molecule has 0 aromatic carbocycles. The normalized spacial score (nSPS) is 8.52. The van der Waals surface area contributed by atoms with Gasteiger partial charge in [0.2, 0.25) is 0 Å². The maximum atomic E-state index is 10.9. The molecule has 2 rings (SSSR count). The van der Waals surface area contributed by atoms with E-state index in [2.05, 4.69) is 0 Å². The van der Waals surface area contributed by atoms with Crippen LogP contribution in [0.15, 0.2) is 43.7 Å². The van der Waals surface area contributed by atoms with Gasteiger partial charge in [0.1, 0.15) is 0 Å². The third-order valence-electron chi connectivity index (χ3n) is 2.72. The number of aromatic nitrogens is 4. The van der Waals surface area contributed by atoms with Gasteiger partial charge in [0.25, 0.3) is 11.1 Å². The Hall–Kier alpha value is -1.54. The zero-order valence-corrected chi connectivity index (χ0v) is 15.2. The molecule has 0 bridgehead atoms. The molecular weight excluding hydrogens is 399 g/mol. The predicted octanol–water partition coefficient (Wildman–Crippen LogP) is -7.83. The van der Waals surface area contributed by atoms with Crippen molar-refractivity contribution in [3.63, 3.8) is 0 Å². The van der Waals surface area contributed by atoms with Gasteiger partial charge in [0, 0.05) is 52.7 Å². The molecule has 0 spiro atoms. The number of hydrogen-bond acceptors (Lipinski definition) is 4. The van der Waals surface area contributed by atoms with Gasteiger partial charge in [-0.15, -0.1) is 0 Å². The molecule has 23 heavy (non-hydrogen) atoms. The standard InChI is InChI=1S/2C6H8N2O2.2ClH.Cu/c2*1-7-4-3-5(9)8(2)6(7)10;;;/h2*3-4H,1-2H3;2*1H;/q;;;;+2/p-2. The van der Waals surface area contributed by atoms with E-state index in [1.54, 1.807) is 14.1 Å². The third-order valence-corrected chi connectivity index (χ3v) is 2.72. The second kappa shape index (κ2) is 11.1. The Morgan fingerprint density at radius 2 is 0.913 bits per heavy atom. The van der Waals surface area contributed by atoms with Gasteiger partial charge in [-0.05, 0) is 0 Å². The Balaban J connectivity index is -0.000000308. The van der Waals surface area contributed by atoms with Crippen molar-refractivity contribution in [1.29, 1.82) is 0 Å². The van der Waals surface area contributed by atoms with Gasteiger partial charge in [-0.1, -0.05) is 0 Å². The van der Waals surface area contributed by atoms with E-state index in [4.69, 9.17) is 0 Å². The van der Waals surface area contributed by atoms with Crippen LogP contribution in [-0.4, -0.2) is 18.3 Å². The number of rotatable bonds is 0. The summed E-state index contributed by atoms with van der Waals surface area (Å²) in [4.78, 5) is 43.3. The molecule has 2 aromatic heterocycles. The van der Waals surface area contributed by atoms with E-state index < -0.39 is 0 Å². The van der Waals surface area contributed by atoms with Crippen molar-refractivity contribution in [3.05, 3.63) is 66.2 Å². The summed E-state index contributed by atoms with van der Waals surface area (Å²) in [5, 5.41) is 0. The van der Waals surface area contributed by atoms with Crippen molar-refractivity contribution in [2.45, 2.75) is 0 Å². The minimum atomic E-state index is -0.299. The molecule has 0 aliphatic carbocycles. The van der Waals surface area contributed by atoms with Gasteiger partial charge < -0.3 is 33.9 Å². The minimum absolute atomic E-state index is 0. The fourth-order valence-electron chi connectivity index (χ4n) is 1.36. The van der Waals surface area contributed by atoms with Crippen molar-refractivity contribution >= 4 is 0 Å². The first-order valence-corrected chi connectivity index (χ1v) is 5.71. The molecule has 11 heteroatoms. The summed E-state index contributed by atoms with van der Waals surface area (Å²) >= 11 is 0. The summed E-state index contributed by atoms with van der Waals surface area (Å²) in [7, 11) is 6.10. The minimum Gasteiger partial charge on any atom is -1.00 e. The Morgan fingerprint density at radius 3 is 1.13 bits per heavy atom. The average molecular weight is 415 g/mol. The summed E-state index contributed by atoms with van der Waals surface area (Å²) in [6, 6.07) is 2.70. The van der Waals surface area contributed by atoms with Crippen LogP contribution in [-0.2, 0) is 45.3 Å². The predicted molar refractivity (Wildman–Crippen MR) is 73.8 cm³/mol. The van der Waals surface area contributed by atoms with Crippen molar-refractivity contribution in [1.82, 2.24) is 18.3 Å². The van der Waals surface area contributed by atoms with Crippen molar-refractivity contribution in [3.8, 4) is 0 Å². The molecule has 0 saturated heterocycles. The molecule has 2 heterocycles. The van der Waals surface area contributed by atoms with Crippen LogP contribution in [0.2, 0.25) is 0 Å². The summed E-state index contributed by atoms with van der Waals surface area (Å²) in [6.45, 7) is 0. The maximum Gasteiger partial charge on any atom is 2.00 e. The summed E-state index contributed by atoms with van der Waals surface area (Å²) in [6.07, 6.45) is 2.90. The Labute approximate surface area is 154 Å².